The Balaban J connectivity index is 2.28. The second kappa shape index (κ2) is 8.92. The van der Waals surface area contributed by atoms with E-state index in [1.165, 1.54) is 12.1 Å². The Labute approximate surface area is 176 Å². The van der Waals surface area contributed by atoms with Crippen molar-refractivity contribution in [3.8, 4) is 17.2 Å². The predicted molar refractivity (Wildman–Crippen MR) is 117 cm³/mol. The van der Waals surface area contributed by atoms with Crippen LogP contribution in [-0.4, -0.2) is 12.6 Å². The van der Waals surface area contributed by atoms with Gasteiger partial charge in [0, 0.05) is 6.42 Å². The average molecular weight is 401 g/mol. The van der Waals surface area contributed by atoms with Crippen LogP contribution >= 0.6 is 0 Å². The summed E-state index contributed by atoms with van der Waals surface area (Å²) in [6.07, 6.45) is 1.92. The molecule has 0 aliphatic rings. The van der Waals surface area contributed by atoms with Crippen molar-refractivity contribution in [1.29, 1.82) is 5.26 Å². The molecular formula is C26H24FNO2. The minimum atomic E-state index is -1.38. The fourth-order valence-electron chi connectivity index (χ4n) is 3.88. The fourth-order valence-corrected chi connectivity index (χ4v) is 3.88. The molecule has 0 aliphatic heterocycles. The summed E-state index contributed by atoms with van der Waals surface area (Å²) in [5.41, 5.74) is 2.00. The van der Waals surface area contributed by atoms with Crippen LogP contribution in [0.3, 0.4) is 0 Å². The maximum absolute atomic E-state index is 13.7. The Hall–Kier alpha value is -3.45. The van der Waals surface area contributed by atoms with E-state index < -0.39 is 11.4 Å². The Morgan fingerprint density at radius 2 is 1.93 bits per heavy atom. The van der Waals surface area contributed by atoms with Gasteiger partial charge in [-0.3, -0.25) is 4.79 Å². The van der Waals surface area contributed by atoms with Crippen LogP contribution < -0.4 is 0 Å². The number of rotatable bonds is 7. The van der Waals surface area contributed by atoms with Gasteiger partial charge in [0.1, 0.15) is 5.82 Å². The number of allylic oxidation sites excluding steroid dienone is 1. The second-order valence-electron chi connectivity index (χ2n) is 7.36. The lowest BCUT2D eigenvalue weighted by molar-refractivity contribution is -0.151. The smallest absolute Gasteiger partial charge is 0.327 e. The van der Waals surface area contributed by atoms with Crippen molar-refractivity contribution >= 4 is 16.7 Å². The van der Waals surface area contributed by atoms with E-state index in [1.54, 1.807) is 19.1 Å². The summed E-state index contributed by atoms with van der Waals surface area (Å²) in [6.45, 7) is 7.51. The van der Waals surface area contributed by atoms with E-state index in [9.17, 15) is 14.4 Å². The Bertz CT molecular complexity index is 1150. The van der Waals surface area contributed by atoms with Crippen LogP contribution in [-0.2, 0) is 16.0 Å². The third-order valence-corrected chi connectivity index (χ3v) is 5.37. The van der Waals surface area contributed by atoms with E-state index in [0.717, 1.165) is 33.0 Å². The molecule has 0 N–H and O–H groups in total. The number of hydrogen-bond acceptors (Lipinski definition) is 3. The first-order valence-corrected chi connectivity index (χ1v) is 9.92. The van der Waals surface area contributed by atoms with Gasteiger partial charge in [0.25, 0.3) is 0 Å². The van der Waals surface area contributed by atoms with Gasteiger partial charge in [0.05, 0.1) is 12.7 Å². The molecule has 3 nitrogen and oxygen atoms in total. The highest BCUT2D eigenvalue weighted by molar-refractivity contribution is 5.93. The lowest BCUT2D eigenvalue weighted by Crippen LogP contribution is -2.34. The Kier molecular flexibility index (Phi) is 6.32. The normalized spacial score (nSPS) is 12.7. The Morgan fingerprint density at radius 3 is 2.60 bits per heavy atom. The van der Waals surface area contributed by atoms with E-state index in [2.05, 4.69) is 12.6 Å². The third-order valence-electron chi connectivity index (χ3n) is 5.37. The molecule has 0 spiro atoms. The van der Waals surface area contributed by atoms with Crippen LogP contribution in [0.15, 0.2) is 67.3 Å². The number of benzene rings is 3. The van der Waals surface area contributed by atoms with Gasteiger partial charge in [0.15, 0.2) is 5.41 Å². The van der Waals surface area contributed by atoms with Gasteiger partial charge >= 0.3 is 5.97 Å². The van der Waals surface area contributed by atoms with Gasteiger partial charge in [-0.15, -0.1) is 6.58 Å². The summed E-state index contributed by atoms with van der Waals surface area (Å²) in [4.78, 5) is 12.8. The van der Waals surface area contributed by atoms with E-state index in [4.69, 9.17) is 4.74 Å². The van der Waals surface area contributed by atoms with Gasteiger partial charge in [0.2, 0.25) is 0 Å². The quantitative estimate of drug-likeness (QED) is 0.353. The zero-order valence-corrected chi connectivity index (χ0v) is 17.2. The van der Waals surface area contributed by atoms with Crippen molar-refractivity contribution in [3.05, 3.63) is 84.2 Å². The molecule has 30 heavy (non-hydrogen) atoms. The van der Waals surface area contributed by atoms with Crippen LogP contribution in [0.2, 0.25) is 0 Å². The summed E-state index contributed by atoms with van der Waals surface area (Å²) in [6, 6.07) is 18.7. The minimum absolute atomic E-state index is 0.169. The highest BCUT2D eigenvalue weighted by Crippen LogP contribution is 2.38. The second-order valence-corrected chi connectivity index (χ2v) is 7.36. The van der Waals surface area contributed by atoms with Gasteiger partial charge in [-0.1, -0.05) is 48.5 Å². The number of esters is 1. The molecule has 4 heteroatoms. The average Bonchev–Trinajstić information content (AvgIpc) is 2.74. The molecule has 0 fully saturated rings. The number of nitriles is 1. The number of halogens is 1. The van der Waals surface area contributed by atoms with Crippen molar-refractivity contribution in [1.82, 2.24) is 0 Å². The van der Waals surface area contributed by atoms with Gasteiger partial charge in [-0.25, -0.2) is 4.39 Å². The molecule has 0 radical (unpaired) electrons. The summed E-state index contributed by atoms with van der Waals surface area (Å²) in [7, 11) is 0. The van der Waals surface area contributed by atoms with Crippen LogP contribution in [0.4, 0.5) is 4.39 Å². The van der Waals surface area contributed by atoms with E-state index >= 15 is 0 Å². The molecule has 1 atom stereocenters. The molecule has 0 aromatic heterocycles. The van der Waals surface area contributed by atoms with Crippen molar-refractivity contribution in [2.45, 2.75) is 26.7 Å². The number of carbonyl (C=O) groups is 1. The number of nitrogens with zero attached hydrogens (tertiary/aromatic N) is 1. The van der Waals surface area contributed by atoms with Crippen molar-refractivity contribution in [3.63, 3.8) is 0 Å². The monoisotopic (exact) mass is 401 g/mol. The van der Waals surface area contributed by atoms with Gasteiger partial charge < -0.3 is 4.74 Å². The van der Waals surface area contributed by atoms with Crippen LogP contribution in [0.1, 0.15) is 24.5 Å². The zero-order chi connectivity index (χ0) is 21.7. The van der Waals surface area contributed by atoms with E-state index in [1.807, 2.05) is 43.3 Å². The molecule has 3 aromatic carbocycles. The maximum Gasteiger partial charge on any atom is 0.327 e. The first-order valence-electron chi connectivity index (χ1n) is 9.92. The lowest BCUT2D eigenvalue weighted by atomic mass is 9.76. The molecule has 1 unspecified atom stereocenters. The molecule has 0 heterocycles. The molecule has 0 saturated heterocycles. The standard InChI is InChI=1S/C26H24FNO2/c1-4-14-26(17-28,25(29)30-5-2)16-24-22-9-7-6-8-19(22)10-12-23(24)21-13-11-20(27)15-18(21)3/h4,6-13,15H,1,5,14,16H2,2-3H3. The fraction of sp³-hybridized carbons (Fsp3) is 0.231. The topological polar surface area (TPSA) is 50.1 Å². The van der Waals surface area contributed by atoms with E-state index in [0.29, 0.717) is 0 Å². The van der Waals surface area contributed by atoms with Crippen molar-refractivity contribution in [2.75, 3.05) is 6.61 Å². The maximum atomic E-state index is 13.7. The van der Waals surface area contributed by atoms with Gasteiger partial charge in [-0.2, -0.15) is 5.26 Å². The number of fused-ring (bicyclic) bond motifs is 1. The van der Waals surface area contributed by atoms with Crippen molar-refractivity contribution in [2.24, 2.45) is 5.41 Å². The molecule has 0 aliphatic carbocycles. The highest BCUT2D eigenvalue weighted by Gasteiger charge is 2.40. The number of ether oxygens (including phenoxy) is 1. The number of hydrogen-bond donors (Lipinski definition) is 0. The molecule has 0 saturated carbocycles. The van der Waals surface area contributed by atoms with Crippen LogP contribution in [0, 0.1) is 29.5 Å². The van der Waals surface area contributed by atoms with Crippen molar-refractivity contribution < 1.29 is 13.9 Å². The summed E-state index contributed by atoms with van der Waals surface area (Å²) < 4.78 is 19.0. The van der Waals surface area contributed by atoms with Gasteiger partial charge in [-0.05, 0) is 65.4 Å². The molecule has 0 bridgehead atoms. The SMILES string of the molecule is C=CCC(C#N)(Cc1c(-c2ccc(F)cc2C)ccc2ccccc12)C(=O)OCC. The molecule has 0 amide bonds. The number of aryl methyl sites for hydroxylation is 1. The largest absolute Gasteiger partial charge is 0.465 e. The first kappa shape index (κ1) is 21.3. The highest BCUT2D eigenvalue weighted by atomic mass is 19.1. The van der Waals surface area contributed by atoms with Crippen LogP contribution in [0.25, 0.3) is 21.9 Å². The summed E-state index contributed by atoms with van der Waals surface area (Å²) >= 11 is 0. The third kappa shape index (κ3) is 3.97. The summed E-state index contributed by atoms with van der Waals surface area (Å²) in [5, 5.41) is 12.0. The van der Waals surface area contributed by atoms with Crippen LogP contribution in [0.5, 0.6) is 0 Å². The minimum Gasteiger partial charge on any atom is -0.465 e. The Morgan fingerprint density at radius 1 is 1.20 bits per heavy atom. The lowest BCUT2D eigenvalue weighted by Gasteiger charge is -2.26. The molecule has 152 valence electrons. The number of carbonyl (C=O) groups excluding carboxylic acids is 1. The molecular weight excluding hydrogens is 377 g/mol. The first-order chi connectivity index (χ1) is 14.5. The predicted octanol–water partition coefficient (Wildman–Crippen LogP) is 6.15. The van der Waals surface area contributed by atoms with E-state index in [-0.39, 0.29) is 25.3 Å². The summed E-state index contributed by atoms with van der Waals surface area (Å²) in [5.74, 6) is -0.856. The molecule has 3 aromatic rings. The zero-order valence-electron chi connectivity index (χ0n) is 17.2. The molecule has 3 rings (SSSR count).